The molecule has 1 fully saturated rings. The van der Waals surface area contributed by atoms with Crippen molar-refractivity contribution in [3.8, 4) is 0 Å². The van der Waals surface area contributed by atoms with E-state index in [0.29, 0.717) is 6.04 Å². The molecule has 0 spiro atoms. The number of amidine groups is 1. The van der Waals surface area contributed by atoms with Crippen LogP contribution in [0.15, 0.2) is 4.99 Å². The van der Waals surface area contributed by atoms with Crippen molar-refractivity contribution in [3.63, 3.8) is 0 Å². The second-order valence-electron chi connectivity index (χ2n) is 5.12. The summed E-state index contributed by atoms with van der Waals surface area (Å²) in [6.45, 7) is 3.38. The van der Waals surface area contributed by atoms with Gasteiger partial charge in [-0.15, -0.1) is 0 Å². The molecule has 1 aliphatic carbocycles. The molecule has 2 rings (SSSR count). The highest BCUT2D eigenvalue weighted by Crippen LogP contribution is 2.27. The van der Waals surface area contributed by atoms with E-state index in [9.17, 15) is 0 Å². The maximum atomic E-state index is 4.64. The fourth-order valence-electron chi connectivity index (χ4n) is 2.83. The van der Waals surface area contributed by atoms with E-state index in [-0.39, 0.29) is 0 Å². The third-order valence-corrected chi connectivity index (χ3v) is 3.88. The number of hydrogen-bond donors (Lipinski definition) is 1. The van der Waals surface area contributed by atoms with E-state index in [2.05, 4.69) is 17.2 Å². The van der Waals surface area contributed by atoms with E-state index in [1.54, 1.807) is 0 Å². The Kier molecular flexibility index (Phi) is 4.04. The van der Waals surface area contributed by atoms with Crippen LogP contribution in [0.3, 0.4) is 0 Å². The molecular weight excluding hydrogens is 184 g/mol. The second kappa shape index (κ2) is 5.53. The fraction of sp³-hybridized carbons (Fsp3) is 0.923. The van der Waals surface area contributed by atoms with Crippen LogP contribution in [0.5, 0.6) is 0 Å². The molecule has 1 saturated carbocycles. The molecule has 0 bridgehead atoms. The third kappa shape index (κ3) is 3.22. The van der Waals surface area contributed by atoms with E-state index in [1.165, 1.54) is 57.2 Å². The molecule has 1 N–H and O–H groups in total. The molecule has 2 aliphatic rings. The molecule has 15 heavy (non-hydrogen) atoms. The lowest BCUT2D eigenvalue weighted by atomic mass is 9.99. The van der Waals surface area contributed by atoms with E-state index in [1.807, 2.05) is 0 Å². The number of nitrogens with zero attached hydrogens (tertiary/aromatic N) is 1. The molecule has 0 saturated heterocycles. The summed E-state index contributed by atoms with van der Waals surface area (Å²) in [7, 11) is 0. The summed E-state index contributed by atoms with van der Waals surface area (Å²) in [6, 6.07) is 0.643. The SMILES string of the molecule is CC(NC1=NCCCCC1)C1CCCC1. The van der Waals surface area contributed by atoms with Crippen molar-refractivity contribution in [2.45, 2.75) is 64.3 Å². The molecular formula is C13H24N2. The summed E-state index contributed by atoms with van der Waals surface area (Å²) < 4.78 is 0. The first-order chi connectivity index (χ1) is 7.36. The lowest BCUT2D eigenvalue weighted by Crippen LogP contribution is -2.37. The minimum Gasteiger partial charge on any atom is -0.371 e. The predicted molar refractivity (Wildman–Crippen MR) is 65.3 cm³/mol. The molecule has 1 unspecified atom stereocenters. The Hall–Kier alpha value is -0.530. The standard InChI is InChI=1S/C13H24N2/c1-11(12-7-4-5-8-12)15-13-9-3-2-6-10-14-13/h11-12H,2-10H2,1H3,(H,14,15). The summed E-state index contributed by atoms with van der Waals surface area (Å²) in [5, 5.41) is 3.65. The second-order valence-corrected chi connectivity index (χ2v) is 5.12. The quantitative estimate of drug-likeness (QED) is 0.741. The highest BCUT2D eigenvalue weighted by molar-refractivity contribution is 5.82. The van der Waals surface area contributed by atoms with Crippen LogP contribution in [-0.2, 0) is 0 Å². The first kappa shape index (κ1) is 11.0. The Labute approximate surface area is 93.6 Å². The highest BCUT2D eigenvalue weighted by atomic mass is 15.0. The molecule has 2 nitrogen and oxygen atoms in total. The van der Waals surface area contributed by atoms with Crippen LogP contribution >= 0.6 is 0 Å². The Bertz CT molecular complexity index is 217. The van der Waals surface area contributed by atoms with Crippen LogP contribution in [0, 0.1) is 5.92 Å². The molecule has 1 aliphatic heterocycles. The van der Waals surface area contributed by atoms with Crippen LogP contribution in [0.2, 0.25) is 0 Å². The fourth-order valence-corrected chi connectivity index (χ4v) is 2.83. The average molecular weight is 208 g/mol. The normalized spacial score (nSPS) is 25.8. The average Bonchev–Trinajstić information content (AvgIpc) is 2.65. The van der Waals surface area contributed by atoms with Crippen molar-refractivity contribution in [3.05, 3.63) is 0 Å². The van der Waals surface area contributed by atoms with Gasteiger partial charge in [0.25, 0.3) is 0 Å². The van der Waals surface area contributed by atoms with Crippen LogP contribution < -0.4 is 5.32 Å². The molecule has 0 radical (unpaired) electrons. The Balaban J connectivity index is 1.81. The predicted octanol–water partition coefficient (Wildman–Crippen LogP) is 3.13. The molecule has 0 aromatic carbocycles. The van der Waals surface area contributed by atoms with Gasteiger partial charge in [-0.2, -0.15) is 0 Å². The summed E-state index contributed by atoms with van der Waals surface area (Å²) in [4.78, 5) is 4.64. The van der Waals surface area contributed by atoms with Crippen LogP contribution in [0.1, 0.15) is 58.3 Å². The zero-order chi connectivity index (χ0) is 10.5. The van der Waals surface area contributed by atoms with Crippen molar-refractivity contribution in [2.24, 2.45) is 10.9 Å². The van der Waals surface area contributed by atoms with Gasteiger partial charge in [-0.3, -0.25) is 4.99 Å². The van der Waals surface area contributed by atoms with E-state index < -0.39 is 0 Å². The van der Waals surface area contributed by atoms with Crippen LogP contribution in [0.25, 0.3) is 0 Å². The molecule has 0 amide bonds. The maximum absolute atomic E-state index is 4.64. The van der Waals surface area contributed by atoms with Gasteiger partial charge in [-0.25, -0.2) is 0 Å². The minimum absolute atomic E-state index is 0.643. The van der Waals surface area contributed by atoms with Crippen molar-refractivity contribution in [2.75, 3.05) is 6.54 Å². The topological polar surface area (TPSA) is 24.4 Å². The summed E-state index contributed by atoms with van der Waals surface area (Å²) in [5.41, 5.74) is 0. The maximum Gasteiger partial charge on any atom is 0.0965 e. The van der Waals surface area contributed by atoms with Gasteiger partial charge in [-0.1, -0.05) is 19.3 Å². The molecule has 86 valence electrons. The van der Waals surface area contributed by atoms with E-state index in [4.69, 9.17) is 0 Å². The van der Waals surface area contributed by atoms with Gasteiger partial charge in [0.05, 0.1) is 5.84 Å². The molecule has 0 aromatic heterocycles. The molecule has 0 aromatic rings. The largest absolute Gasteiger partial charge is 0.371 e. The van der Waals surface area contributed by atoms with Gasteiger partial charge in [0.1, 0.15) is 0 Å². The number of rotatable bonds is 2. The van der Waals surface area contributed by atoms with Crippen molar-refractivity contribution >= 4 is 5.84 Å². The van der Waals surface area contributed by atoms with Crippen molar-refractivity contribution in [1.29, 1.82) is 0 Å². The van der Waals surface area contributed by atoms with Gasteiger partial charge in [0, 0.05) is 19.0 Å². The van der Waals surface area contributed by atoms with Crippen molar-refractivity contribution in [1.82, 2.24) is 5.32 Å². The van der Waals surface area contributed by atoms with Gasteiger partial charge in [0.15, 0.2) is 0 Å². The highest BCUT2D eigenvalue weighted by Gasteiger charge is 2.22. The first-order valence-corrected chi connectivity index (χ1v) is 6.66. The summed E-state index contributed by atoms with van der Waals surface area (Å²) in [6.07, 6.45) is 10.8. The summed E-state index contributed by atoms with van der Waals surface area (Å²) >= 11 is 0. The van der Waals surface area contributed by atoms with Crippen molar-refractivity contribution < 1.29 is 0 Å². The Morgan fingerprint density at radius 1 is 1.13 bits per heavy atom. The smallest absolute Gasteiger partial charge is 0.0965 e. The monoisotopic (exact) mass is 208 g/mol. The Morgan fingerprint density at radius 2 is 1.93 bits per heavy atom. The van der Waals surface area contributed by atoms with Gasteiger partial charge >= 0.3 is 0 Å². The zero-order valence-corrected chi connectivity index (χ0v) is 9.97. The van der Waals surface area contributed by atoms with E-state index in [0.717, 1.165) is 12.5 Å². The molecule has 1 heterocycles. The minimum atomic E-state index is 0.643. The third-order valence-electron chi connectivity index (χ3n) is 3.88. The van der Waals surface area contributed by atoms with Gasteiger partial charge in [0.2, 0.25) is 0 Å². The number of aliphatic imine (C=N–C) groups is 1. The van der Waals surface area contributed by atoms with Crippen LogP contribution in [-0.4, -0.2) is 18.4 Å². The molecule has 1 atom stereocenters. The van der Waals surface area contributed by atoms with E-state index >= 15 is 0 Å². The zero-order valence-electron chi connectivity index (χ0n) is 9.97. The van der Waals surface area contributed by atoms with Gasteiger partial charge in [-0.05, 0) is 38.5 Å². The summed E-state index contributed by atoms with van der Waals surface area (Å²) in [5.74, 6) is 2.18. The number of hydrogen-bond acceptors (Lipinski definition) is 2. The van der Waals surface area contributed by atoms with Crippen LogP contribution in [0.4, 0.5) is 0 Å². The first-order valence-electron chi connectivity index (χ1n) is 6.66. The number of nitrogens with one attached hydrogen (secondary N) is 1. The lowest BCUT2D eigenvalue weighted by Gasteiger charge is -2.22. The Morgan fingerprint density at radius 3 is 2.73 bits per heavy atom. The van der Waals surface area contributed by atoms with Gasteiger partial charge < -0.3 is 5.32 Å². The molecule has 2 heteroatoms. The lowest BCUT2D eigenvalue weighted by molar-refractivity contribution is 0.424.